The van der Waals surface area contributed by atoms with Crippen LogP contribution < -0.4 is 9.47 Å². The zero-order chi connectivity index (χ0) is 14.6. The molecule has 0 unspecified atom stereocenters. The maximum absolute atomic E-state index is 11.9. The van der Waals surface area contributed by atoms with Crippen LogP contribution in [0.3, 0.4) is 0 Å². The Hall–Kier alpha value is -1.42. The fourth-order valence-electron chi connectivity index (χ4n) is 1.10. The number of halogens is 4. The van der Waals surface area contributed by atoms with E-state index < -0.39 is 12.8 Å². The van der Waals surface area contributed by atoms with Crippen molar-refractivity contribution in [1.29, 1.82) is 0 Å². The summed E-state index contributed by atoms with van der Waals surface area (Å²) in [4.78, 5) is 4.03. The van der Waals surface area contributed by atoms with Gasteiger partial charge in [0, 0.05) is 6.07 Å². The lowest BCUT2D eigenvalue weighted by Gasteiger charge is -2.04. The van der Waals surface area contributed by atoms with Crippen LogP contribution in [0.1, 0.15) is 5.01 Å². The Morgan fingerprint density at radius 1 is 1.20 bits per heavy atom. The molecule has 0 aliphatic carbocycles. The van der Waals surface area contributed by atoms with Crippen LogP contribution in [0.5, 0.6) is 11.1 Å². The average molecular weight is 370 g/mol. The van der Waals surface area contributed by atoms with Crippen LogP contribution in [-0.2, 0) is 6.61 Å². The van der Waals surface area contributed by atoms with Crippen molar-refractivity contribution in [3.8, 4) is 11.1 Å². The molecule has 0 radical (unpaired) electrons. The highest BCUT2D eigenvalue weighted by molar-refractivity contribution is 9.10. The van der Waals surface area contributed by atoms with E-state index in [0.717, 1.165) is 11.3 Å². The first-order valence-corrected chi connectivity index (χ1v) is 6.80. The SMILES string of the molecule is FC(F)(F)COc1nnc(COc2cccc(Br)n2)s1. The Morgan fingerprint density at radius 2 is 2.00 bits per heavy atom. The molecule has 0 amide bonds. The largest absolute Gasteiger partial charge is 0.470 e. The van der Waals surface area contributed by atoms with E-state index in [2.05, 4.69) is 35.8 Å². The molecule has 20 heavy (non-hydrogen) atoms. The van der Waals surface area contributed by atoms with Gasteiger partial charge in [-0.15, -0.1) is 5.10 Å². The molecule has 2 heterocycles. The summed E-state index contributed by atoms with van der Waals surface area (Å²) in [5, 5.41) is 7.39. The minimum atomic E-state index is -4.40. The third-order valence-corrected chi connectivity index (χ3v) is 3.09. The number of alkyl halides is 3. The Labute approximate surface area is 123 Å². The molecule has 0 aliphatic rings. The van der Waals surface area contributed by atoms with Crippen molar-refractivity contribution in [3.63, 3.8) is 0 Å². The van der Waals surface area contributed by atoms with Crippen LogP contribution in [0.2, 0.25) is 0 Å². The minimum Gasteiger partial charge on any atom is -0.470 e. The predicted octanol–water partition coefficient (Wildman–Crippen LogP) is 3.22. The van der Waals surface area contributed by atoms with Crippen molar-refractivity contribution >= 4 is 27.3 Å². The van der Waals surface area contributed by atoms with Gasteiger partial charge in [-0.2, -0.15) is 13.2 Å². The van der Waals surface area contributed by atoms with Crippen molar-refractivity contribution in [1.82, 2.24) is 15.2 Å². The second-order valence-corrected chi connectivity index (χ2v) is 5.29. The van der Waals surface area contributed by atoms with Gasteiger partial charge in [0.25, 0.3) is 5.19 Å². The van der Waals surface area contributed by atoms with Crippen molar-refractivity contribution in [2.45, 2.75) is 12.8 Å². The molecule has 0 aromatic carbocycles. The third kappa shape index (κ3) is 4.93. The van der Waals surface area contributed by atoms with Gasteiger partial charge in [-0.3, -0.25) is 0 Å². The Morgan fingerprint density at radius 3 is 2.70 bits per heavy atom. The quantitative estimate of drug-likeness (QED) is 0.757. The topological polar surface area (TPSA) is 57.1 Å². The minimum absolute atomic E-state index is 0.0521. The molecule has 0 aliphatic heterocycles. The molecule has 0 saturated carbocycles. The van der Waals surface area contributed by atoms with Crippen LogP contribution in [0.4, 0.5) is 13.2 Å². The van der Waals surface area contributed by atoms with E-state index in [4.69, 9.17) is 4.74 Å². The number of hydrogen-bond donors (Lipinski definition) is 0. The van der Waals surface area contributed by atoms with Gasteiger partial charge in [0.05, 0.1) is 0 Å². The zero-order valence-electron chi connectivity index (χ0n) is 9.72. The highest BCUT2D eigenvalue weighted by Crippen LogP contribution is 2.22. The van der Waals surface area contributed by atoms with Crippen LogP contribution in [0.15, 0.2) is 22.8 Å². The van der Waals surface area contributed by atoms with Gasteiger partial charge in [-0.1, -0.05) is 22.5 Å². The Balaban J connectivity index is 1.87. The maximum atomic E-state index is 11.9. The summed E-state index contributed by atoms with van der Waals surface area (Å²) < 4.78 is 46.2. The van der Waals surface area contributed by atoms with E-state index in [1.807, 2.05) is 0 Å². The Bertz CT molecular complexity index is 579. The second-order valence-electron chi connectivity index (χ2n) is 3.45. The summed E-state index contributed by atoms with van der Waals surface area (Å²) in [6, 6.07) is 5.12. The highest BCUT2D eigenvalue weighted by atomic mass is 79.9. The first-order chi connectivity index (χ1) is 9.42. The number of ether oxygens (including phenoxy) is 2. The van der Waals surface area contributed by atoms with E-state index in [-0.39, 0.29) is 11.8 Å². The molecule has 0 fully saturated rings. The molecule has 0 atom stereocenters. The lowest BCUT2D eigenvalue weighted by molar-refractivity contribution is -0.153. The van der Waals surface area contributed by atoms with Crippen LogP contribution >= 0.6 is 27.3 Å². The van der Waals surface area contributed by atoms with E-state index in [1.54, 1.807) is 18.2 Å². The molecule has 0 spiro atoms. The lowest BCUT2D eigenvalue weighted by Crippen LogP contribution is -2.19. The van der Waals surface area contributed by atoms with Gasteiger partial charge in [-0.05, 0) is 22.0 Å². The number of pyridine rings is 1. The number of hydrogen-bond acceptors (Lipinski definition) is 6. The smallest absolute Gasteiger partial charge is 0.422 e. The van der Waals surface area contributed by atoms with Gasteiger partial charge in [0.1, 0.15) is 11.2 Å². The fraction of sp³-hybridized carbons (Fsp3) is 0.300. The molecule has 0 N–H and O–H groups in total. The average Bonchev–Trinajstić information content (AvgIpc) is 2.81. The highest BCUT2D eigenvalue weighted by Gasteiger charge is 2.29. The summed E-state index contributed by atoms with van der Waals surface area (Å²) >= 11 is 4.08. The van der Waals surface area contributed by atoms with E-state index >= 15 is 0 Å². The zero-order valence-corrected chi connectivity index (χ0v) is 12.1. The number of nitrogens with zero attached hydrogens (tertiary/aromatic N) is 3. The van der Waals surface area contributed by atoms with E-state index in [1.165, 1.54) is 0 Å². The van der Waals surface area contributed by atoms with Crippen molar-refractivity contribution in [2.75, 3.05) is 6.61 Å². The monoisotopic (exact) mass is 369 g/mol. The fourth-order valence-corrected chi connectivity index (χ4v) is 2.03. The molecule has 2 rings (SSSR count). The van der Waals surface area contributed by atoms with Gasteiger partial charge >= 0.3 is 6.18 Å². The van der Waals surface area contributed by atoms with Crippen molar-refractivity contribution in [2.24, 2.45) is 0 Å². The molecular formula is C10H7BrF3N3O2S. The van der Waals surface area contributed by atoms with Gasteiger partial charge in [0.2, 0.25) is 5.88 Å². The van der Waals surface area contributed by atoms with Gasteiger partial charge in [0.15, 0.2) is 11.6 Å². The van der Waals surface area contributed by atoms with Crippen LogP contribution in [0.25, 0.3) is 0 Å². The Kier molecular flexibility index (Phi) is 4.76. The van der Waals surface area contributed by atoms with E-state index in [9.17, 15) is 13.2 Å². The normalized spacial score (nSPS) is 11.4. The van der Waals surface area contributed by atoms with Crippen molar-refractivity contribution < 1.29 is 22.6 Å². The summed E-state index contributed by atoms with van der Waals surface area (Å²) in [6.07, 6.45) is -4.40. The molecule has 0 bridgehead atoms. The van der Waals surface area contributed by atoms with Crippen LogP contribution in [-0.4, -0.2) is 28.0 Å². The summed E-state index contributed by atoms with van der Waals surface area (Å²) in [5.74, 6) is 0.368. The van der Waals surface area contributed by atoms with E-state index in [0.29, 0.717) is 15.5 Å². The third-order valence-electron chi connectivity index (χ3n) is 1.84. The standard InChI is InChI=1S/C10H7BrF3N3O2S/c11-6-2-1-3-7(15-6)18-4-8-16-17-9(20-8)19-5-10(12,13)14/h1-3H,4-5H2. The molecular weight excluding hydrogens is 363 g/mol. The van der Waals surface area contributed by atoms with Gasteiger partial charge in [-0.25, -0.2) is 4.98 Å². The lowest BCUT2D eigenvalue weighted by atomic mass is 10.5. The summed E-state index contributed by atoms with van der Waals surface area (Å²) in [7, 11) is 0. The predicted molar refractivity (Wildman–Crippen MR) is 67.7 cm³/mol. The number of rotatable bonds is 5. The first-order valence-electron chi connectivity index (χ1n) is 5.20. The summed E-state index contributed by atoms with van der Waals surface area (Å²) in [5.41, 5.74) is 0. The molecule has 2 aromatic heterocycles. The molecule has 0 saturated heterocycles. The number of aromatic nitrogens is 3. The maximum Gasteiger partial charge on any atom is 0.422 e. The molecule has 10 heteroatoms. The first kappa shape index (κ1) is 15.0. The molecule has 5 nitrogen and oxygen atoms in total. The molecule has 108 valence electrons. The summed E-state index contributed by atoms with van der Waals surface area (Å²) in [6.45, 7) is -1.34. The van der Waals surface area contributed by atoms with Crippen molar-refractivity contribution in [3.05, 3.63) is 27.8 Å². The van der Waals surface area contributed by atoms with Gasteiger partial charge < -0.3 is 9.47 Å². The second kappa shape index (κ2) is 6.35. The molecule has 2 aromatic rings. The van der Waals surface area contributed by atoms with Crippen LogP contribution in [0, 0.1) is 0 Å².